The van der Waals surface area contributed by atoms with E-state index in [9.17, 15) is 18.0 Å². The van der Waals surface area contributed by atoms with Crippen LogP contribution in [0.3, 0.4) is 0 Å². The maximum Gasteiger partial charge on any atom is 0.433 e. The Labute approximate surface area is 111 Å². The van der Waals surface area contributed by atoms with Gasteiger partial charge in [0, 0.05) is 23.6 Å². The second-order valence-corrected chi connectivity index (χ2v) is 4.44. The molecule has 104 valence electrons. The molecule has 1 heterocycles. The van der Waals surface area contributed by atoms with Crippen molar-refractivity contribution in [1.29, 1.82) is 0 Å². The van der Waals surface area contributed by atoms with Gasteiger partial charge in [0.05, 0.1) is 5.69 Å². The van der Waals surface area contributed by atoms with Gasteiger partial charge in [0.2, 0.25) is 5.60 Å². The molecule has 1 aliphatic rings. The highest BCUT2D eigenvalue weighted by Gasteiger charge is 2.61. The van der Waals surface area contributed by atoms with Gasteiger partial charge in [-0.3, -0.25) is 5.32 Å². The van der Waals surface area contributed by atoms with Gasteiger partial charge in [-0.05, 0) is 18.2 Å². The van der Waals surface area contributed by atoms with Gasteiger partial charge < -0.3 is 9.84 Å². The SMILES string of the molecule is O=C1Nc2ccc(Cl)cc2C(CCO)(C(F)(F)F)O1. The zero-order valence-corrected chi connectivity index (χ0v) is 10.2. The highest BCUT2D eigenvalue weighted by atomic mass is 35.5. The molecule has 1 atom stereocenters. The number of hydrogen-bond acceptors (Lipinski definition) is 3. The van der Waals surface area contributed by atoms with E-state index >= 15 is 0 Å². The van der Waals surface area contributed by atoms with Crippen LogP contribution in [0.25, 0.3) is 0 Å². The number of nitrogens with one attached hydrogen (secondary N) is 1. The Balaban J connectivity index is 2.67. The van der Waals surface area contributed by atoms with Crippen LogP contribution in [0.5, 0.6) is 0 Å². The van der Waals surface area contributed by atoms with E-state index in [1.807, 2.05) is 0 Å². The predicted octanol–water partition coefficient (Wildman–Crippen LogP) is 3.04. The third kappa shape index (κ3) is 2.23. The molecule has 1 aromatic rings. The minimum atomic E-state index is -4.87. The number of fused-ring (bicyclic) bond motifs is 1. The number of alkyl halides is 3. The van der Waals surface area contributed by atoms with Crippen molar-refractivity contribution >= 4 is 23.4 Å². The lowest BCUT2D eigenvalue weighted by atomic mass is 9.87. The van der Waals surface area contributed by atoms with Crippen LogP contribution >= 0.6 is 11.6 Å². The molecule has 0 aromatic heterocycles. The molecule has 0 bridgehead atoms. The predicted molar refractivity (Wildman–Crippen MR) is 61.0 cm³/mol. The largest absolute Gasteiger partial charge is 0.433 e. The molecule has 0 spiro atoms. The smallest absolute Gasteiger partial charge is 0.428 e. The quantitative estimate of drug-likeness (QED) is 0.881. The Morgan fingerprint density at radius 2 is 2.11 bits per heavy atom. The van der Waals surface area contributed by atoms with Gasteiger partial charge in [-0.2, -0.15) is 13.2 Å². The molecule has 0 fully saturated rings. The molecule has 0 saturated carbocycles. The number of carbonyl (C=O) groups excluding carboxylic acids is 1. The first-order valence-electron chi connectivity index (χ1n) is 5.28. The van der Waals surface area contributed by atoms with Crippen molar-refractivity contribution in [2.24, 2.45) is 0 Å². The Morgan fingerprint density at radius 1 is 1.42 bits per heavy atom. The molecular formula is C11H9ClF3NO3. The number of cyclic esters (lactones) is 1. The molecule has 1 amide bonds. The molecule has 8 heteroatoms. The van der Waals surface area contributed by atoms with Crippen LogP contribution < -0.4 is 5.32 Å². The van der Waals surface area contributed by atoms with E-state index in [4.69, 9.17) is 16.7 Å². The van der Waals surface area contributed by atoms with Crippen molar-refractivity contribution < 1.29 is 27.8 Å². The molecule has 19 heavy (non-hydrogen) atoms. The van der Waals surface area contributed by atoms with Crippen molar-refractivity contribution in [3.63, 3.8) is 0 Å². The fraction of sp³-hybridized carbons (Fsp3) is 0.364. The summed E-state index contributed by atoms with van der Waals surface area (Å²) in [7, 11) is 0. The molecule has 2 rings (SSSR count). The molecule has 4 nitrogen and oxygen atoms in total. The number of benzene rings is 1. The van der Waals surface area contributed by atoms with E-state index in [2.05, 4.69) is 10.1 Å². The Hall–Kier alpha value is -1.47. The maximum atomic E-state index is 13.3. The molecule has 1 aromatic carbocycles. The first kappa shape index (κ1) is 14.0. The normalized spacial score (nSPS) is 22.5. The van der Waals surface area contributed by atoms with E-state index in [0.717, 1.165) is 6.07 Å². The summed E-state index contributed by atoms with van der Waals surface area (Å²) in [5, 5.41) is 11.1. The van der Waals surface area contributed by atoms with Gasteiger partial charge in [-0.1, -0.05) is 11.6 Å². The number of rotatable bonds is 2. The van der Waals surface area contributed by atoms with Crippen molar-refractivity contribution in [2.45, 2.75) is 18.2 Å². The first-order valence-corrected chi connectivity index (χ1v) is 5.65. The number of hydrogen-bond donors (Lipinski definition) is 2. The standard InChI is InChI=1S/C11H9ClF3NO3/c12-6-1-2-8-7(5-6)10(3-4-17,11(13,14)15)19-9(18)16-8/h1-2,5,17H,3-4H2,(H,16,18). The summed E-state index contributed by atoms with van der Waals surface area (Å²) in [6.07, 6.45) is -6.88. The Bertz CT molecular complexity index is 520. The molecule has 0 saturated heterocycles. The fourth-order valence-corrected chi connectivity index (χ4v) is 2.18. The van der Waals surface area contributed by atoms with Crippen LogP contribution in [0, 0.1) is 0 Å². The van der Waals surface area contributed by atoms with Crippen LogP contribution in [0.1, 0.15) is 12.0 Å². The molecule has 0 radical (unpaired) electrons. The Morgan fingerprint density at radius 3 is 2.68 bits per heavy atom. The van der Waals surface area contributed by atoms with Crippen LogP contribution in [-0.4, -0.2) is 24.0 Å². The summed E-state index contributed by atoms with van der Waals surface area (Å²) in [5.74, 6) is 0. The van der Waals surface area contributed by atoms with Gasteiger partial charge in [0.1, 0.15) is 0 Å². The van der Waals surface area contributed by atoms with Crippen molar-refractivity contribution in [2.75, 3.05) is 11.9 Å². The molecule has 1 aliphatic heterocycles. The zero-order chi connectivity index (χ0) is 14.3. The number of amides is 1. The lowest BCUT2D eigenvalue weighted by molar-refractivity contribution is -0.269. The second-order valence-electron chi connectivity index (χ2n) is 4.00. The van der Waals surface area contributed by atoms with E-state index in [1.165, 1.54) is 12.1 Å². The van der Waals surface area contributed by atoms with Crippen molar-refractivity contribution in [3.05, 3.63) is 28.8 Å². The number of aliphatic hydroxyl groups is 1. The zero-order valence-electron chi connectivity index (χ0n) is 9.42. The third-order valence-corrected chi connectivity index (χ3v) is 3.08. The minimum Gasteiger partial charge on any atom is -0.428 e. The second kappa shape index (κ2) is 4.57. The highest BCUT2D eigenvalue weighted by molar-refractivity contribution is 6.30. The summed E-state index contributed by atoms with van der Waals surface area (Å²) < 4.78 is 44.4. The molecule has 1 unspecified atom stereocenters. The summed E-state index contributed by atoms with van der Waals surface area (Å²) in [6.45, 7) is -0.793. The summed E-state index contributed by atoms with van der Waals surface area (Å²) in [6, 6.07) is 3.68. The Kier molecular flexibility index (Phi) is 3.36. The minimum absolute atomic E-state index is 0.0357. The highest BCUT2D eigenvalue weighted by Crippen LogP contribution is 2.50. The summed E-state index contributed by atoms with van der Waals surface area (Å²) in [4.78, 5) is 11.3. The van der Waals surface area contributed by atoms with Gasteiger partial charge >= 0.3 is 12.3 Å². The van der Waals surface area contributed by atoms with Crippen LogP contribution in [0.2, 0.25) is 5.02 Å². The molecular weight excluding hydrogens is 287 g/mol. The number of ether oxygens (including phenoxy) is 1. The van der Waals surface area contributed by atoms with Crippen molar-refractivity contribution in [3.8, 4) is 0 Å². The van der Waals surface area contributed by atoms with Gasteiger partial charge in [-0.25, -0.2) is 4.79 Å². The van der Waals surface area contributed by atoms with E-state index in [1.54, 1.807) is 0 Å². The molecule has 2 N–H and O–H groups in total. The fourth-order valence-electron chi connectivity index (χ4n) is 2.00. The van der Waals surface area contributed by atoms with Gasteiger partial charge in [0.25, 0.3) is 0 Å². The summed E-state index contributed by atoms with van der Waals surface area (Å²) in [5.41, 5.74) is -3.24. The monoisotopic (exact) mass is 295 g/mol. The average Bonchev–Trinajstić information content (AvgIpc) is 2.28. The number of halogens is 4. The average molecular weight is 296 g/mol. The topological polar surface area (TPSA) is 58.6 Å². The lowest BCUT2D eigenvalue weighted by Gasteiger charge is -2.39. The number of anilines is 1. The van der Waals surface area contributed by atoms with Gasteiger partial charge in [-0.15, -0.1) is 0 Å². The maximum absolute atomic E-state index is 13.3. The van der Waals surface area contributed by atoms with Gasteiger partial charge in [0.15, 0.2) is 0 Å². The van der Waals surface area contributed by atoms with Crippen LogP contribution in [-0.2, 0) is 10.3 Å². The van der Waals surface area contributed by atoms with E-state index in [0.29, 0.717) is 0 Å². The molecule has 0 aliphatic carbocycles. The first-order chi connectivity index (χ1) is 8.80. The van der Waals surface area contributed by atoms with E-state index < -0.39 is 30.9 Å². The van der Waals surface area contributed by atoms with Crippen LogP contribution in [0.15, 0.2) is 18.2 Å². The third-order valence-electron chi connectivity index (χ3n) is 2.84. The summed E-state index contributed by atoms with van der Waals surface area (Å²) >= 11 is 5.69. The number of carbonyl (C=O) groups is 1. The lowest BCUT2D eigenvalue weighted by Crippen LogP contribution is -2.50. The van der Waals surface area contributed by atoms with Crippen LogP contribution in [0.4, 0.5) is 23.7 Å². The van der Waals surface area contributed by atoms with E-state index in [-0.39, 0.29) is 16.3 Å². The van der Waals surface area contributed by atoms with Crippen molar-refractivity contribution in [1.82, 2.24) is 0 Å². The number of aliphatic hydroxyl groups excluding tert-OH is 1.